The molecule has 1 fully saturated rings. The number of ether oxygens (including phenoxy) is 1. The molecule has 2 rings (SSSR count). The summed E-state index contributed by atoms with van der Waals surface area (Å²) in [5.41, 5.74) is 7.89. The SMILES string of the molecule is COc1ccc(N)cc1CN1CCCC1C(C)C. The van der Waals surface area contributed by atoms with Gasteiger partial charge in [0.15, 0.2) is 0 Å². The van der Waals surface area contributed by atoms with Crippen molar-refractivity contribution in [3.8, 4) is 5.75 Å². The Labute approximate surface area is 110 Å². The Bertz CT molecular complexity index is 403. The molecule has 2 N–H and O–H groups in total. The van der Waals surface area contributed by atoms with Gasteiger partial charge in [0.2, 0.25) is 0 Å². The zero-order valence-electron chi connectivity index (χ0n) is 11.6. The van der Waals surface area contributed by atoms with Crippen molar-refractivity contribution in [1.29, 1.82) is 0 Å². The summed E-state index contributed by atoms with van der Waals surface area (Å²) in [6.07, 6.45) is 2.61. The van der Waals surface area contributed by atoms with Gasteiger partial charge in [-0.25, -0.2) is 0 Å². The lowest BCUT2D eigenvalue weighted by Gasteiger charge is -2.28. The van der Waals surface area contributed by atoms with Crippen LogP contribution in [0.4, 0.5) is 5.69 Å². The Morgan fingerprint density at radius 1 is 1.44 bits per heavy atom. The molecule has 18 heavy (non-hydrogen) atoms. The zero-order chi connectivity index (χ0) is 13.1. The molecule has 1 unspecified atom stereocenters. The van der Waals surface area contributed by atoms with Crippen LogP contribution in [0.15, 0.2) is 18.2 Å². The third kappa shape index (κ3) is 2.78. The molecule has 0 saturated carbocycles. The molecule has 1 atom stereocenters. The summed E-state index contributed by atoms with van der Waals surface area (Å²) in [4.78, 5) is 2.56. The van der Waals surface area contributed by atoms with E-state index in [0.29, 0.717) is 12.0 Å². The molecule has 0 bridgehead atoms. The van der Waals surface area contributed by atoms with E-state index in [2.05, 4.69) is 18.7 Å². The molecule has 1 aromatic carbocycles. The van der Waals surface area contributed by atoms with Gasteiger partial charge in [0.1, 0.15) is 5.75 Å². The Morgan fingerprint density at radius 3 is 2.89 bits per heavy atom. The average Bonchev–Trinajstić information content (AvgIpc) is 2.77. The van der Waals surface area contributed by atoms with E-state index >= 15 is 0 Å². The van der Waals surface area contributed by atoms with Crippen LogP contribution in [0.5, 0.6) is 5.75 Å². The van der Waals surface area contributed by atoms with Crippen LogP contribution in [0, 0.1) is 5.92 Å². The predicted molar refractivity (Wildman–Crippen MR) is 75.7 cm³/mol. The van der Waals surface area contributed by atoms with Gasteiger partial charge in [-0.15, -0.1) is 0 Å². The summed E-state index contributed by atoms with van der Waals surface area (Å²) in [7, 11) is 1.72. The number of rotatable bonds is 4. The normalized spacial score (nSPS) is 20.6. The van der Waals surface area contributed by atoms with Crippen molar-refractivity contribution >= 4 is 5.69 Å². The maximum Gasteiger partial charge on any atom is 0.123 e. The van der Waals surface area contributed by atoms with Gasteiger partial charge in [-0.3, -0.25) is 4.90 Å². The standard InChI is InChI=1S/C15H24N2O/c1-11(2)14-5-4-8-17(14)10-12-9-13(16)6-7-15(12)18-3/h6-7,9,11,14H,4-5,8,10,16H2,1-3H3. The average molecular weight is 248 g/mol. The fourth-order valence-corrected chi connectivity index (χ4v) is 2.94. The minimum atomic E-state index is 0.691. The molecule has 1 aromatic rings. The molecule has 0 radical (unpaired) electrons. The van der Waals surface area contributed by atoms with E-state index in [1.165, 1.54) is 24.9 Å². The largest absolute Gasteiger partial charge is 0.496 e. The van der Waals surface area contributed by atoms with E-state index in [9.17, 15) is 0 Å². The fraction of sp³-hybridized carbons (Fsp3) is 0.600. The Kier molecular flexibility index (Phi) is 4.12. The third-order valence-corrected chi connectivity index (χ3v) is 3.86. The summed E-state index contributed by atoms with van der Waals surface area (Å²) in [5.74, 6) is 1.65. The van der Waals surface area contributed by atoms with E-state index in [1.54, 1.807) is 7.11 Å². The van der Waals surface area contributed by atoms with Gasteiger partial charge >= 0.3 is 0 Å². The highest BCUT2D eigenvalue weighted by molar-refractivity contribution is 5.47. The maximum absolute atomic E-state index is 5.88. The summed E-state index contributed by atoms with van der Waals surface area (Å²) in [6, 6.07) is 6.59. The van der Waals surface area contributed by atoms with E-state index in [0.717, 1.165) is 18.0 Å². The second kappa shape index (κ2) is 5.61. The molecule has 100 valence electrons. The lowest BCUT2D eigenvalue weighted by Crippen LogP contribution is -2.32. The molecule has 1 aliphatic heterocycles. The van der Waals surface area contributed by atoms with Crippen molar-refractivity contribution in [3.05, 3.63) is 23.8 Å². The first kappa shape index (κ1) is 13.2. The number of nitrogens with zero attached hydrogens (tertiary/aromatic N) is 1. The molecule has 0 aliphatic carbocycles. The number of anilines is 1. The van der Waals surface area contributed by atoms with E-state index < -0.39 is 0 Å². The molecule has 3 heteroatoms. The van der Waals surface area contributed by atoms with Crippen LogP contribution in [0.1, 0.15) is 32.3 Å². The predicted octanol–water partition coefficient (Wildman–Crippen LogP) is 2.90. The number of hydrogen-bond acceptors (Lipinski definition) is 3. The van der Waals surface area contributed by atoms with Crippen LogP contribution in [0.2, 0.25) is 0 Å². The van der Waals surface area contributed by atoms with E-state index in [1.807, 2.05) is 18.2 Å². The maximum atomic E-state index is 5.88. The molecule has 0 amide bonds. The van der Waals surface area contributed by atoms with Crippen molar-refractivity contribution in [2.45, 2.75) is 39.3 Å². The number of benzene rings is 1. The first-order valence-electron chi connectivity index (χ1n) is 6.78. The van der Waals surface area contributed by atoms with Gasteiger partial charge < -0.3 is 10.5 Å². The van der Waals surface area contributed by atoms with Crippen LogP contribution in [0.3, 0.4) is 0 Å². The van der Waals surface area contributed by atoms with Crippen molar-refractivity contribution in [3.63, 3.8) is 0 Å². The van der Waals surface area contributed by atoms with Crippen molar-refractivity contribution in [2.24, 2.45) is 5.92 Å². The summed E-state index contributed by atoms with van der Waals surface area (Å²) in [6.45, 7) is 6.73. The van der Waals surface area contributed by atoms with Crippen molar-refractivity contribution in [2.75, 3.05) is 19.4 Å². The smallest absolute Gasteiger partial charge is 0.123 e. The molecule has 1 saturated heterocycles. The van der Waals surface area contributed by atoms with E-state index in [-0.39, 0.29) is 0 Å². The topological polar surface area (TPSA) is 38.5 Å². The highest BCUT2D eigenvalue weighted by Gasteiger charge is 2.27. The molecule has 1 aliphatic rings. The number of nitrogens with two attached hydrogens (primary N) is 1. The third-order valence-electron chi connectivity index (χ3n) is 3.86. The van der Waals surface area contributed by atoms with Gasteiger partial charge in [-0.05, 0) is 43.5 Å². The molecule has 0 spiro atoms. The molecule has 1 heterocycles. The number of nitrogen functional groups attached to an aromatic ring is 1. The van der Waals surface area contributed by atoms with Gasteiger partial charge in [0, 0.05) is 23.8 Å². The lowest BCUT2D eigenvalue weighted by atomic mass is 10.0. The monoisotopic (exact) mass is 248 g/mol. The highest BCUT2D eigenvalue weighted by Crippen LogP contribution is 2.29. The molecular formula is C15H24N2O. The highest BCUT2D eigenvalue weighted by atomic mass is 16.5. The van der Waals surface area contributed by atoms with Crippen LogP contribution >= 0.6 is 0 Å². The summed E-state index contributed by atoms with van der Waals surface area (Å²) >= 11 is 0. The van der Waals surface area contributed by atoms with E-state index in [4.69, 9.17) is 10.5 Å². The fourth-order valence-electron chi connectivity index (χ4n) is 2.94. The molecule has 3 nitrogen and oxygen atoms in total. The second-order valence-corrected chi connectivity index (χ2v) is 5.50. The van der Waals surface area contributed by atoms with Crippen molar-refractivity contribution < 1.29 is 4.74 Å². The van der Waals surface area contributed by atoms with Crippen molar-refractivity contribution in [1.82, 2.24) is 4.90 Å². The van der Waals surface area contributed by atoms with Gasteiger partial charge in [-0.2, -0.15) is 0 Å². The number of likely N-dealkylation sites (tertiary alicyclic amines) is 1. The first-order valence-corrected chi connectivity index (χ1v) is 6.78. The summed E-state index contributed by atoms with van der Waals surface area (Å²) in [5, 5.41) is 0. The van der Waals surface area contributed by atoms with Gasteiger partial charge in [0.25, 0.3) is 0 Å². The van der Waals surface area contributed by atoms with Crippen LogP contribution in [0.25, 0.3) is 0 Å². The minimum absolute atomic E-state index is 0.691. The Morgan fingerprint density at radius 2 is 2.22 bits per heavy atom. The zero-order valence-corrected chi connectivity index (χ0v) is 11.6. The quantitative estimate of drug-likeness (QED) is 0.833. The number of hydrogen-bond donors (Lipinski definition) is 1. The molecular weight excluding hydrogens is 224 g/mol. The minimum Gasteiger partial charge on any atom is -0.496 e. The van der Waals surface area contributed by atoms with Crippen LogP contribution < -0.4 is 10.5 Å². The Hall–Kier alpha value is -1.22. The van der Waals surface area contributed by atoms with Crippen LogP contribution in [-0.4, -0.2) is 24.6 Å². The second-order valence-electron chi connectivity index (χ2n) is 5.50. The van der Waals surface area contributed by atoms with Crippen LogP contribution in [-0.2, 0) is 6.54 Å². The molecule has 0 aromatic heterocycles. The Balaban J connectivity index is 2.15. The number of methoxy groups -OCH3 is 1. The van der Waals surface area contributed by atoms with Gasteiger partial charge in [0.05, 0.1) is 7.11 Å². The lowest BCUT2D eigenvalue weighted by molar-refractivity contribution is 0.196. The first-order chi connectivity index (χ1) is 8.61. The summed E-state index contributed by atoms with van der Waals surface area (Å²) < 4.78 is 5.42. The van der Waals surface area contributed by atoms with Gasteiger partial charge in [-0.1, -0.05) is 13.8 Å².